The normalized spacial score (nSPS) is 11.8. The van der Waals surface area contributed by atoms with Gasteiger partial charge in [-0.3, -0.25) is 4.68 Å². The molecule has 5 nitrogen and oxygen atoms in total. The molecule has 0 aliphatic rings. The lowest BCUT2D eigenvalue weighted by Gasteiger charge is -1.98. The fourth-order valence-corrected chi connectivity index (χ4v) is 2.67. The van der Waals surface area contributed by atoms with Crippen molar-refractivity contribution < 1.29 is 8.42 Å². The standard InChI is InChI=1S/C10H13N3O2S2/c1-17(14,15)6-4-13-7-8(11)10(12-13)9-3-2-5-16-9/h2-3,5,7H,4,6,11H2,1H3. The summed E-state index contributed by atoms with van der Waals surface area (Å²) in [7, 11) is -2.98. The van der Waals surface area contributed by atoms with E-state index in [0.29, 0.717) is 17.9 Å². The van der Waals surface area contributed by atoms with Crippen LogP contribution in [0.2, 0.25) is 0 Å². The highest BCUT2D eigenvalue weighted by molar-refractivity contribution is 7.90. The Kier molecular flexibility index (Phi) is 3.21. The molecule has 2 heterocycles. The fourth-order valence-electron chi connectivity index (χ4n) is 1.42. The summed E-state index contributed by atoms with van der Waals surface area (Å²) in [5.41, 5.74) is 7.13. The summed E-state index contributed by atoms with van der Waals surface area (Å²) in [5, 5.41) is 6.24. The Labute approximate surface area is 104 Å². The third kappa shape index (κ3) is 3.07. The molecule has 0 aromatic carbocycles. The van der Waals surface area contributed by atoms with Gasteiger partial charge in [-0.2, -0.15) is 5.10 Å². The number of hydrogen-bond acceptors (Lipinski definition) is 5. The SMILES string of the molecule is CS(=O)(=O)CCn1cc(N)c(-c2cccs2)n1. The molecule has 2 aromatic rings. The zero-order chi connectivity index (χ0) is 12.5. The van der Waals surface area contributed by atoms with Gasteiger partial charge in [0.1, 0.15) is 15.5 Å². The Morgan fingerprint density at radius 2 is 2.29 bits per heavy atom. The highest BCUT2D eigenvalue weighted by Crippen LogP contribution is 2.27. The van der Waals surface area contributed by atoms with E-state index in [1.165, 1.54) is 6.26 Å². The van der Waals surface area contributed by atoms with E-state index in [4.69, 9.17) is 5.73 Å². The molecule has 2 N–H and O–H groups in total. The average Bonchev–Trinajstić information content (AvgIpc) is 2.82. The van der Waals surface area contributed by atoms with Crippen LogP contribution < -0.4 is 5.73 Å². The van der Waals surface area contributed by atoms with Gasteiger partial charge in [0, 0.05) is 12.5 Å². The Bertz CT molecular complexity index is 600. The van der Waals surface area contributed by atoms with Gasteiger partial charge in [0.05, 0.1) is 22.9 Å². The van der Waals surface area contributed by atoms with E-state index in [2.05, 4.69) is 5.10 Å². The van der Waals surface area contributed by atoms with Gasteiger partial charge in [0.2, 0.25) is 0 Å². The van der Waals surface area contributed by atoms with Crippen molar-refractivity contribution in [2.24, 2.45) is 0 Å². The van der Waals surface area contributed by atoms with Crippen molar-refractivity contribution in [1.29, 1.82) is 0 Å². The molecule has 0 atom stereocenters. The minimum Gasteiger partial charge on any atom is -0.396 e. The first kappa shape index (κ1) is 12.1. The van der Waals surface area contributed by atoms with Crippen LogP contribution in [0, 0.1) is 0 Å². The van der Waals surface area contributed by atoms with Crippen LogP contribution in [0.4, 0.5) is 5.69 Å². The van der Waals surface area contributed by atoms with E-state index >= 15 is 0 Å². The number of nitrogens with zero attached hydrogens (tertiary/aromatic N) is 2. The van der Waals surface area contributed by atoms with Gasteiger partial charge in [-0.25, -0.2) is 8.42 Å². The van der Waals surface area contributed by atoms with Crippen molar-refractivity contribution in [3.8, 4) is 10.6 Å². The van der Waals surface area contributed by atoms with Crippen LogP contribution in [-0.2, 0) is 16.4 Å². The molecule has 0 fully saturated rings. The van der Waals surface area contributed by atoms with Crippen LogP contribution in [0.5, 0.6) is 0 Å². The van der Waals surface area contributed by atoms with E-state index in [0.717, 1.165) is 4.88 Å². The number of aryl methyl sites for hydroxylation is 1. The Balaban J connectivity index is 2.20. The minimum atomic E-state index is -2.98. The molecule has 2 rings (SSSR count). The Morgan fingerprint density at radius 3 is 2.88 bits per heavy atom. The van der Waals surface area contributed by atoms with Crippen LogP contribution in [0.1, 0.15) is 0 Å². The molecule has 17 heavy (non-hydrogen) atoms. The lowest BCUT2D eigenvalue weighted by Crippen LogP contribution is -2.11. The van der Waals surface area contributed by atoms with Gasteiger partial charge in [0.25, 0.3) is 0 Å². The molecule has 0 amide bonds. The van der Waals surface area contributed by atoms with Crippen LogP contribution in [-0.4, -0.2) is 30.2 Å². The number of nitrogens with two attached hydrogens (primary N) is 1. The summed E-state index contributed by atoms with van der Waals surface area (Å²) >= 11 is 1.55. The van der Waals surface area contributed by atoms with E-state index in [9.17, 15) is 8.42 Å². The first-order chi connectivity index (χ1) is 7.96. The molecule has 0 radical (unpaired) electrons. The van der Waals surface area contributed by atoms with Gasteiger partial charge in [-0.05, 0) is 11.4 Å². The maximum Gasteiger partial charge on any atom is 0.149 e. The van der Waals surface area contributed by atoms with Gasteiger partial charge >= 0.3 is 0 Å². The molecule has 0 aliphatic heterocycles. The molecule has 2 aromatic heterocycles. The van der Waals surface area contributed by atoms with Crippen molar-refractivity contribution in [2.75, 3.05) is 17.7 Å². The second-order valence-electron chi connectivity index (χ2n) is 3.80. The highest BCUT2D eigenvalue weighted by Gasteiger charge is 2.10. The molecule has 0 unspecified atom stereocenters. The maximum atomic E-state index is 11.1. The zero-order valence-corrected chi connectivity index (χ0v) is 11.0. The van der Waals surface area contributed by atoms with Gasteiger partial charge < -0.3 is 5.73 Å². The second kappa shape index (κ2) is 4.50. The zero-order valence-electron chi connectivity index (χ0n) is 9.33. The summed E-state index contributed by atoms with van der Waals surface area (Å²) in [6.07, 6.45) is 2.88. The summed E-state index contributed by atoms with van der Waals surface area (Å²) < 4.78 is 23.7. The lowest BCUT2D eigenvalue weighted by atomic mass is 10.3. The number of hydrogen-bond donors (Lipinski definition) is 1. The first-order valence-electron chi connectivity index (χ1n) is 5.00. The Morgan fingerprint density at radius 1 is 1.53 bits per heavy atom. The number of thiophene rings is 1. The minimum absolute atomic E-state index is 0.0675. The monoisotopic (exact) mass is 271 g/mol. The van der Waals surface area contributed by atoms with Crippen molar-refractivity contribution >= 4 is 26.9 Å². The smallest absolute Gasteiger partial charge is 0.149 e. The number of nitrogen functional groups attached to an aromatic ring is 1. The third-order valence-electron chi connectivity index (χ3n) is 2.24. The van der Waals surface area contributed by atoms with E-state index in [1.807, 2.05) is 17.5 Å². The number of aromatic nitrogens is 2. The molecule has 0 saturated heterocycles. The van der Waals surface area contributed by atoms with Gasteiger partial charge in [-0.1, -0.05) is 6.07 Å². The summed E-state index contributed by atoms with van der Waals surface area (Å²) in [4.78, 5) is 0.987. The molecule has 0 saturated carbocycles. The number of rotatable bonds is 4. The molecular weight excluding hydrogens is 258 g/mol. The highest BCUT2D eigenvalue weighted by atomic mass is 32.2. The van der Waals surface area contributed by atoms with Crippen molar-refractivity contribution in [2.45, 2.75) is 6.54 Å². The van der Waals surface area contributed by atoms with Crippen molar-refractivity contribution in [3.05, 3.63) is 23.7 Å². The maximum absolute atomic E-state index is 11.1. The van der Waals surface area contributed by atoms with Crippen molar-refractivity contribution in [3.63, 3.8) is 0 Å². The van der Waals surface area contributed by atoms with Crippen LogP contribution in [0.15, 0.2) is 23.7 Å². The summed E-state index contributed by atoms with van der Waals surface area (Å²) in [5.74, 6) is 0.0675. The topological polar surface area (TPSA) is 78.0 Å². The van der Waals surface area contributed by atoms with Crippen molar-refractivity contribution in [1.82, 2.24) is 9.78 Å². The average molecular weight is 271 g/mol. The molecular formula is C10H13N3O2S2. The fraction of sp³-hybridized carbons (Fsp3) is 0.300. The largest absolute Gasteiger partial charge is 0.396 e. The van der Waals surface area contributed by atoms with Crippen LogP contribution in [0.3, 0.4) is 0 Å². The molecule has 0 aliphatic carbocycles. The molecule has 92 valence electrons. The van der Waals surface area contributed by atoms with Crippen LogP contribution >= 0.6 is 11.3 Å². The molecule has 7 heteroatoms. The molecule has 0 bridgehead atoms. The Hall–Kier alpha value is -1.34. The van der Waals surface area contributed by atoms with E-state index in [-0.39, 0.29) is 5.75 Å². The first-order valence-corrected chi connectivity index (χ1v) is 7.94. The predicted octanol–water partition coefficient (Wildman–Crippen LogP) is 1.24. The second-order valence-corrected chi connectivity index (χ2v) is 7.01. The van der Waals surface area contributed by atoms with Gasteiger partial charge in [0.15, 0.2) is 0 Å². The number of anilines is 1. The quantitative estimate of drug-likeness (QED) is 0.907. The molecule has 0 spiro atoms. The predicted molar refractivity (Wildman–Crippen MR) is 69.7 cm³/mol. The lowest BCUT2D eigenvalue weighted by molar-refractivity contribution is 0.586. The van der Waals surface area contributed by atoms with Gasteiger partial charge in [-0.15, -0.1) is 11.3 Å². The van der Waals surface area contributed by atoms with Crippen LogP contribution in [0.25, 0.3) is 10.6 Å². The van der Waals surface area contributed by atoms with E-state index in [1.54, 1.807) is 22.2 Å². The third-order valence-corrected chi connectivity index (χ3v) is 4.04. The van der Waals surface area contributed by atoms with E-state index < -0.39 is 9.84 Å². The summed E-state index contributed by atoms with van der Waals surface area (Å²) in [6.45, 7) is 0.328. The number of sulfone groups is 1. The summed E-state index contributed by atoms with van der Waals surface area (Å²) in [6, 6.07) is 3.86.